The van der Waals surface area contributed by atoms with Crippen molar-refractivity contribution in [1.29, 1.82) is 0 Å². The molecule has 1 N–H and O–H groups in total. The van der Waals surface area contributed by atoms with Gasteiger partial charge in [0, 0.05) is 6.54 Å². The molecular weight excluding hydrogens is 691 g/mol. The molecule has 1 fully saturated rings. The number of hydrogen-bond donors (Lipinski definition) is 1. The van der Waals surface area contributed by atoms with E-state index >= 15 is 0 Å². The molecule has 286 valence electrons. The molecule has 0 bridgehead atoms. The first-order valence-corrected chi connectivity index (χ1v) is 18.8. The van der Waals surface area contributed by atoms with Gasteiger partial charge in [0.1, 0.15) is 36.1 Å². The number of benzene rings is 5. The monoisotopic (exact) mass is 741 g/mol. The average Bonchev–Trinajstić information content (AvgIpc) is 3.24. The molecule has 0 spiro atoms. The molecule has 55 heavy (non-hydrogen) atoms. The molecule has 0 amide bonds. The molecule has 0 aromatic heterocycles. The van der Waals surface area contributed by atoms with Crippen LogP contribution in [0.1, 0.15) is 34.2 Å². The molecule has 5 aromatic rings. The summed E-state index contributed by atoms with van der Waals surface area (Å²) in [5.74, 6) is -0.500. The van der Waals surface area contributed by atoms with E-state index in [2.05, 4.69) is 11.9 Å². The molecule has 1 saturated heterocycles. The molecule has 8 heteroatoms. The fraction of sp³-hybridized carbons (Fsp3) is 0.298. The third-order valence-corrected chi connectivity index (χ3v) is 9.82. The lowest BCUT2D eigenvalue weighted by atomic mass is 9.76. The molecule has 3 unspecified atom stereocenters. The fourth-order valence-electron chi connectivity index (χ4n) is 7.12. The van der Waals surface area contributed by atoms with Crippen molar-refractivity contribution >= 4 is 5.97 Å². The zero-order valence-corrected chi connectivity index (χ0v) is 31.4. The molecule has 0 saturated carbocycles. The van der Waals surface area contributed by atoms with Crippen molar-refractivity contribution in [3.63, 3.8) is 0 Å². The Kier molecular flexibility index (Phi) is 14.9. The van der Waals surface area contributed by atoms with Crippen molar-refractivity contribution in [2.24, 2.45) is 0 Å². The van der Waals surface area contributed by atoms with Crippen molar-refractivity contribution in [3.05, 3.63) is 192 Å². The van der Waals surface area contributed by atoms with Crippen molar-refractivity contribution in [2.45, 2.75) is 75.5 Å². The second-order valence-electron chi connectivity index (χ2n) is 13.7. The Morgan fingerprint density at radius 2 is 1.09 bits per heavy atom. The quantitative estimate of drug-likeness (QED) is 0.0635. The minimum absolute atomic E-state index is 0.149. The number of hydrogen-bond acceptors (Lipinski definition) is 8. The summed E-state index contributed by atoms with van der Waals surface area (Å²) in [6, 6.07) is 48.8. The number of nitrogens with one attached hydrogen (secondary N) is 1. The topological polar surface area (TPSA) is 84.5 Å². The summed E-state index contributed by atoms with van der Waals surface area (Å²) in [5, 5.41) is 3.52. The van der Waals surface area contributed by atoms with Crippen LogP contribution in [0.4, 0.5) is 0 Å². The Hall–Kier alpha value is -4.93. The summed E-state index contributed by atoms with van der Waals surface area (Å²) in [7, 11) is 1.39. The van der Waals surface area contributed by atoms with Gasteiger partial charge in [0.25, 0.3) is 0 Å². The van der Waals surface area contributed by atoms with Gasteiger partial charge in [0.2, 0.25) is 0 Å². The van der Waals surface area contributed by atoms with Gasteiger partial charge in [-0.2, -0.15) is 0 Å². The highest BCUT2D eigenvalue weighted by Crippen LogP contribution is 2.42. The lowest BCUT2D eigenvalue weighted by Gasteiger charge is -2.55. The highest BCUT2D eigenvalue weighted by Gasteiger charge is 2.61. The lowest BCUT2D eigenvalue weighted by molar-refractivity contribution is -0.313. The van der Waals surface area contributed by atoms with E-state index in [0.717, 1.165) is 27.8 Å². The maximum Gasteiger partial charge on any atom is 0.326 e. The van der Waals surface area contributed by atoms with Crippen LogP contribution in [0.15, 0.2) is 164 Å². The normalized spacial score (nSPS) is 21.4. The maximum atomic E-state index is 14.2. The first-order chi connectivity index (χ1) is 27.1. The summed E-state index contributed by atoms with van der Waals surface area (Å²) in [6.07, 6.45) is -0.980. The third kappa shape index (κ3) is 10.9. The van der Waals surface area contributed by atoms with E-state index in [-0.39, 0.29) is 26.2 Å². The van der Waals surface area contributed by atoms with Gasteiger partial charge >= 0.3 is 5.97 Å². The zero-order valence-electron chi connectivity index (χ0n) is 31.4. The van der Waals surface area contributed by atoms with E-state index in [4.69, 9.17) is 28.4 Å². The Morgan fingerprint density at radius 1 is 0.655 bits per heavy atom. The van der Waals surface area contributed by atoms with Crippen LogP contribution in [0.5, 0.6) is 0 Å². The van der Waals surface area contributed by atoms with E-state index in [0.29, 0.717) is 19.8 Å². The zero-order chi connectivity index (χ0) is 38.1. The number of carbonyl (C=O) groups excluding carboxylic acids is 1. The molecule has 0 aliphatic carbocycles. The van der Waals surface area contributed by atoms with Crippen LogP contribution in [0.3, 0.4) is 0 Å². The molecule has 6 rings (SSSR count). The minimum Gasteiger partial charge on any atom is -0.468 e. The van der Waals surface area contributed by atoms with Gasteiger partial charge in [-0.05, 0) is 34.2 Å². The minimum atomic E-state index is -1.38. The van der Waals surface area contributed by atoms with Gasteiger partial charge < -0.3 is 28.4 Å². The molecule has 1 aliphatic heterocycles. The van der Waals surface area contributed by atoms with Crippen LogP contribution >= 0.6 is 0 Å². The van der Waals surface area contributed by atoms with E-state index in [9.17, 15) is 4.79 Å². The second-order valence-corrected chi connectivity index (χ2v) is 13.7. The molecule has 1 aliphatic rings. The number of esters is 1. The lowest BCUT2D eigenvalue weighted by Crippen LogP contribution is -2.74. The van der Waals surface area contributed by atoms with Gasteiger partial charge in [-0.15, -0.1) is 6.58 Å². The van der Waals surface area contributed by atoms with Crippen molar-refractivity contribution in [2.75, 3.05) is 13.7 Å². The molecular formula is C47H51NO7. The summed E-state index contributed by atoms with van der Waals surface area (Å²) in [6.45, 7) is 5.82. The van der Waals surface area contributed by atoms with Crippen LogP contribution < -0.4 is 5.32 Å². The van der Waals surface area contributed by atoms with Gasteiger partial charge in [-0.25, -0.2) is 0 Å². The Morgan fingerprint density at radius 3 is 1.56 bits per heavy atom. The van der Waals surface area contributed by atoms with Crippen molar-refractivity contribution in [3.8, 4) is 0 Å². The van der Waals surface area contributed by atoms with Crippen LogP contribution in [-0.4, -0.2) is 55.7 Å². The van der Waals surface area contributed by atoms with Crippen LogP contribution in [0.25, 0.3) is 0 Å². The molecule has 5 aromatic carbocycles. The number of ether oxygens (including phenoxy) is 6. The Balaban J connectivity index is 1.45. The van der Waals surface area contributed by atoms with E-state index in [1.54, 1.807) is 6.08 Å². The summed E-state index contributed by atoms with van der Waals surface area (Å²) < 4.78 is 40.1. The van der Waals surface area contributed by atoms with Crippen LogP contribution in [0.2, 0.25) is 0 Å². The summed E-state index contributed by atoms with van der Waals surface area (Å²) >= 11 is 0. The first kappa shape index (κ1) is 39.8. The van der Waals surface area contributed by atoms with Gasteiger partial charge in [-0.1, -0.05) is 158 Å². The van der Waals surface area contributed by atoms with Crippen molar-refractivity contribution in [1.82, 2.24) is 5.32 Å². The van der Waals surface area contributed by atoms with E-state index < -0.39 is 42.0 Å². The number of methoxy groups -OCH3 is 1. The molecule has 8 nitrogen and oxygen atoms in total. The number of carbonyl (C=O) groups is 1. The largest absolute Gasteiger partial charge is 0.468 e. The van der Waals surface area contributed by atoms with Gasteiger partial charge in [-0.3, -0.25) is 10.1 Å². The summed E-state index contributed by atoms with van der Waals surface area (Å²) in [5.41, 5.74) is 3.57. The molecule has 0 radical (unpaired) electrons. The van der Waals surface area contributed by atoms with E-state index in [1.807, 2.05) is 152 Å². The van der Waals surface area contributed by atoms with Crippen molar-refractivity contribution < 1.29 is 33.2 Å². The first-order valence-electron chi connectivity index (χ1n) is 18.8. The number of rotatable bonds is 20. The smallest absolute Gasteiger partial charge is 0.326 e. The third-order valence-electron chi connectivity index (χ3n) is 9.82. The molecule has 6 atom stereocenters. The maximum absolute atomic E-state index is 14.2. The SMILES string of the molecule is C=CC[C@@]1([C@H](NCc2ccccc2)C(=O)OC)OC(COCc2ccccc2)[C@@H](OCc2ccccc2)C(OCc2ccccc2)C1OCc1ccccc1. The predicted octanol–water partition coefficient (Wildman–Crippen LogP) is 8.00. The fourth-order valence-corrected chi connectivity index (χ4v) is 7.12. The second kappa shape index (κ2) is 20.7. The highest BCUT2D eigenvalue weighted by atomic mass is 16.6. The van der Waals surface area contributed by atoms with Crippen LogP contribution in [0, 0.1) is 0 Å². The Labute approximate surface area is 325 Å². The highest BCUT2D eigenvalue weighted by molar-refractivity contribution is 5.77. The standard InChI is InChI=1S/C47H51NO7/c1-3-29-47(44(46(49)50-2)48-30-36-19-9-4-10-20-36)45(54-34-40-27-17-8-18-28-40)43(53-33-39-25-15-7-16-26-39)42(52-32-38-23-13-6-14-24-38)41(55-47)35-51-31-37-21-11-5-12-22-37/h3-28,41-45,48H,1,29-35H2,2H3/t41?,42-,43?,44-,45?,47+/m1/s1. The van der Waals surface area contributed by atoms with E-state index in [1.165, 1.54) is 7.11 Å². The van der Waals surface area contributed by atoms with Gasteiger partial charge in [0.05, 0.1) is 40.1 Å². The molecule has 1 heterocycles. The average molecular weight is 742 g/mol. The predicted molar refractivity (Wildman–Crippen MR) is 213 cm³/mol. The Bertz CT molecular complexity index is 1850. The summed E-state index contributed by atoms with van der Waals surface area (Å²) in [4.78, 5) is 14.2. The van der Waals surface area contributed by atoms with Gasteiger partial charge in [0.15, 0.2) is 0 Å². The van der Waals surface area contributed by atoms with Crippen LogP contribution in [-0.2, 0) is 66.2 Å².